The summed E-state index contributed by atoms with van der Waals surface area (Å²) >= 11 is 17.7. The Morgan fingerprint density at radius 3 is 2.55 bits per heavy atom. The van der Waals surface area contributed by atoms with Crippen LogP contribution in [0, 0.1) is 0 Å². The van der Waals surface area contributed by atoms with Crippen molar-refractivity contribution in [1.82, 2.24) is 4.98 Å². The van der Waals surface area contributed by atoms with Crippen LogP contribution in [0.3, 0.4) is 0 Å². The van der Waals surface area contributed by atoms with Crippen LogP contribution in [0.2, 0.25) is 15.1 Å². The lowest BCUT2D eigenvalue weighted by atomic mass is 10.2. The zero-order valence-corrected chi connectivity index (χ0v) is 12.2. The Kier molecular flexibility index (Phi) is 4.67. The summed E-state index contributed by atoms with van der Waals surface area (Å²) in [5.41, 5.74) is 2.99. The summed E-state index contributed by atoms with van der Waals surface area (Å²) in [5.74, 6) is 5.08. The molecule has 0 bridgehead atoms. The van der Waals surface area contributed by atoms with Gasteiger partial charge in [0.15, 0.2) is 5.82 Å². The molecule has 1 aromatic carbocycles. The van der Waals surface area contributed by atoms with Gasteiger partial charge >= 0.3 is 0 Å². The summed E-state index contributed by atoms with van der Waals surface area (Å²) in [6.45, 7) is 0. The van der Waals surface area contributed by atoms with Crippen LogP contribution in [0.5, 0.6) is 0 Å². The Hall–Kier alpha value is -1.53. The molecule has 4 N–H and O–H groups in total. The van der Waals surface area contributed by atoms with Gasteiger partial charge in [-0.25, -0.2) is 10.8 Å². The van der Waals surface area contributed by atoms with E-state index in [1.165, 1.54) is 12.3 Å². The smallest absolute Gasteiger partial charge is 0.257 e. The van der Waals surface area contributed by atoms with E-state index in [4.69, 9.17) is 40.6 Å². The van der Waals surface area contributed by atoms with E-state index in [-0.39, 0.29) is 16.4 Å². The number of nitrogens with two attached hydrogens (primary N) is 1. The van der Waals surface area contributed by atoms with Gasteiger partial charge in [-0.2, -0.15) is 0 Å². The number of amides is 1. The van der Waals surface area contributed by atoms with E-state index in [1.54, 1.807) is 18.2 Å². The van der Waals surface area contributed by atoms with Crippen LogP contribution < -0.4 is 16.6 Å². The molecule has 0 radical (unpaired) electrons. The van der Waals surface area contributed by atoms with E-state index >= 15 is 0 Å². The molecular weight excluding hydrogens is 323 g/mol. The summed E-state index contributed by atoms with van der Waals surface area (Å²) in [6, 6.07) is 6.20. The third-order valence-electron chi connectivity index (χ3n) is 2.42. The minimum absolute atomic E-state index is 0.234. The molecule has 104 valence electrons. The third-order valence-corrected chi connectivity index (χ3v) is 3.27. The first kappa shape index (κ1) is 14.9. The minimum Gasteiger partial charge on any atom is -0.321 e. The first-order valence-electron chi connectivity index (χ1n) is 5.40. The van der Waals surface area contributed by atoms with Gasteiger partial charge in [-0.1, -0.05) is 34.8 Å². The highest BCUT2D eigenvalue weighted by Gasteiger charge is 2.11. The molecule has 20 heavy (non-hydrogen) atoms. The fourth-order valence-electron chi connectivity index (χ4n) is 1.46. The maximum Gasteiger partial charge on any atom is 0.257 e. The molecule has 0 spiro atoms. The normalized spacial score (nSPS) is 10.2. The van der Waals surface area contributed by atoms with Crippen LogP contribution in [0.25, 0.3) is 0 Å². The zero-order valence-electron chi connectivity index (χ0n) is 9.95. The van der Waals surface area contributed by atoms with Crippen molar-refractivity contribution < 1.29 is 4.79 Å². The number of aromatic nitrogens is 1. The van der Waals surface area contributed by atoms with Crippen LogP contribution >= 0.6 is 34.8 Å². The average Bonchev–Trinajstić information content (AvgIpc) is 2.42. The monoisotopic (exact) mass is 330 g/mol. The Morgan fingerprint density at radius 2 is 1.90 bits per heavy atom. The predicted octanol–water partition coefficient (Wildman–Crippen LogP) is 3.58. The molecule has 8 heteroatoms. The lowest BCUT2D eigenvalue weighted by molar-refractivity contribution is 0.102. The number of carbonyl (C=O) groups is 1. The zero-order chi connectivity index (χ0) is 14.7. The first-order valence-corrected chi connectivity index (χ1v) is 6.53. The number of pyridine rings is 1. The topological polar surface area (TPSA) is 80.0 Å². The molecule has 0 unspecified atom stereocenters. The van der Waals surface area contributed by atoms with Crippen molar-refractivity contribution in [3.8, 4) is 0 Å². The molecule has 0 saturated heterocycles. The number of nitrogen functional groups attached to an aromatic ring is 1. The summed E-state index contributed by atoms with van der Waals surface area (Å²) in [4.78, 5) is 16.0. The standard InChI is InChI=1S/C12H9Cl3N4O/c13-7-1-2-8(14)10(4-7)18-12(20)6-3-9(15)11(19-16)17-5-6/h1-5H,16H2,(H,17,19)(H,18,20). The van der Waals surface area contributed by atoms with Crippen molar-refractivity contribution in [1.29, 1.82) is 0 Å². The highest BCUT2D eigenvalue weighted by atomic mass is 35.5. The van der Waals surface area contributed by atoms with Crippen LogP contribution in [-0.4, -0.2) is 10.9 Å². The second-order valence-corrected chi connectivity index (χ2v) is 5.03. The number of benzene rings is 1. The molecule has 0 aliphatic rings. The fraction of sp³-hybridized carbons (Fsp3) is 0. The second-order valence-electron chi connectivity index (χ2n) is 3.78. The van der Waals surface area contributed by atoms with Crippen molar-refractivity contribution >= 4 is 52.2 Å². The Balaban J connectivity index is 2.24. The number of carbonyl (C=O) groups excluding carboxylic acids is 1. The molecule has 2 rings (SSSR count). The van der Waals surface area contributed by atoms with Crippen molar-refractivity contribution in [3.05, 3.63) is 51.1 Å². The number of hydrazine groups is 1. The Bertz CT molecular complexity index is 663. The minimum atomic E-state index is -0.410. The second kappa shape index (κ2) is 6.28. The first-order chi connectivity index (χ1) is 9.51. The third kappa shape index (κ3) is 3.32. The molecule has 1 aromatic heterocycles. The van der Waals surface area contributed by atoms with Gasteiger partial charge in [0.05, 0.1) is 21.3 Å². The molecule has 1 amide bonds. The van der Waals surface area contributed by atoms with Gasteiger partial charge in [-0.05, 0) is 24.3 Å². The van der Waals surface area contributed by atoms with E-state index in [1.807, 2.05) is 0 Å². The summed E-state index contributed by atoms with van der Waals surface area (Å²) < 4.78 is 0. The SMILES string of the molecule is NNc1ncc(C(=O)Nc2cc(Cl)ccc2Cl)cc1Cl. The van der Waals surface area contributed by atoms with Gasteiger partial charge < -0.3 is 10.7 Å². The van der Waals surface area contributed by atoms with Crippen LogP contribution in [0.4, 0.5) is 11.5 Å². The molecule has 1 heterocycles. The van der Waals surface area contributed by atoms with Crippen molar-refractivity contribution in [3.63, 3.8) is 0 Å². The number of anilines is 2. The predicted molar refractivity (Wildman–Crippen MR) is 81.5 cm³/mol. The van der Waals surface area contributed by atoms with Gasteiger partial charge in [-0.15, -0.1) is 0 Å². The van der Waals surface area contributed by atoms with Crippen molar-refractivity contribution in [2.45, 2.75) is 0 Å². The molecule has 0 aliphatic heterocycles. The molecule has 0 fully saturated rings. The van der Waals surface area contributed by atoms with Gasteiger partial charge in [0.25, 0.3) is 5.91 Å². The number of hydrogen-bond donors (Lipinski definition) is 3. The molecular formula is C12H9Cl3N4O. The molecule has 0 saturated carbocycles. The van der Waals surface area contributed by atoms with E-state index < -0.39 is 5.91 Å². The maximum atomic E-state index is 12.1. The van der Waals surface area contributed by atoms with Gasteiger partial charge in [0.1, 0.15) is 0 Å². The lowest BCUT2D eigenvalue weighted by Gasteiger charge is -2.09. The van der Waals surface area contributed by atoms with Crippen LogP contribution in [0.15, 0.2) is 30.5 Å². The van der Waals surface area contributed by atoms with Crippen molar-refractivity contribution in [2.24, 2.45) is 5.84 Å². The highest BCUT2D eigenvalue weighted by Crippen LogP contribution is 2.26. The lowest BCUT2D eigenvalue weighted by Crippen LogP contribution is -2.14. The van der Waals surface area contributed by atoms with Gasteiger partial charge in [-0.3, -0.25) is 4.79 Å². The van der Waals surface area contributed by atoms with Crippen LogP contribution in [0.1, 0.15) is 10.4 Å². The Labute approximate surface area is 130 Å². The molecule has 5 nitrogen and oxygen atoms in total. The van der Waals surface area contributed by atoms with E-state index in [0.717, 1.165) is 0 Å². The number of nitrogens with zero attached hydrogens (tertiary/aromatic N) is 1. The van der Waals surface area contributed by atoms with Crippen LogP contribution in [-0.2, 0) is 0 Å². The average molecular weight is 332 g/mol. The summed E-state index contributed by atoms with van der Waals surface area (Å²) in [5, 5.41) is 3.70. The van der Waals surface area contributed by atoms with E-state index in [2.05, 4.69) is 15.7 Å². The Morgan fingerprint density at radius 1 is 1.15 bits per heavy atom. The molecule has 0 atom stereocenters. The van der Waals surface area contributed by atoms with Crippen molar-refractivity contribution in [2.75, 3.05) is 10.7 Å². The number of hydrogen-bond acceptors (Lipinski definition) is 4. The quantitative estimate of drug-likeness (QED) is 0.593. The number of nitrogens with one attached hydrogen (secondary N) is 2. The largest absolute Gasteiger partial charge is 0.321 e. The fourth-order valence-corrected chi connectivity index (χ4v) is 2.01. The molecule has 0 aliphatic carbocycles. The highest BCUT2D eigenvalue weighted by molar-refractivity contribution is 6.36. The number of halogens is 3. The van der Waals surface area contributed by atoms with E-state index in [9.17, 15) is 4.79 Å². The van der Waals surface area contributed by atoms with E-state index in [0.29, 0.717) is 15.7 Å². The van der Waals surface area contributed by atoms with Gasteiger partial charge in [0.2, 0.25) is 0 Å². The maximum absolute atomic E-state index is 12.1. The summed E-state index contributed by atoms with van der Waals surface area (Å²) in [7, 11) is 0. The number of rotatable bonds is 3. The van der Waals surface area contributed by atoms with Gasteiger partial charge in [0, 0.05) is 11.2 Å². The molecule has 2 aromatic rings. The summed E-state index contributed by atoms with van der Waals surface area (Å²) in [6.07, 6.45) is 1.34.